The van der Waals surface area contributed by atoms with E-state index < -0.39 is 0 Å². The summed E-state index contributed by atoms with van der Waals surface area (Å²) in [5.74, 6) is 1.40. The van der Waals surface area contributed by atoms with E-state index in [1.54, 1.807) is 0 Å². The van der Waals surface area contributed by atoms with Gasteiger partial charge in [0, 0.05) is 44.3 Å². The van der Waals surface area contributed by atoms with Gasteiger partial charge < -0.3 is 20.3 Å². The number of nitrogens with zero attached hydrogens (tertiary/aromatic N) is 2. The van der Waals surface area contributed by atoms with Gasteiger partial charge in [-0.25, -0.2) is 0 Å². The molecule has 1 unspecified atom stereocenters. The number of para-hydroxylation sites is 1. The lowest BCUT2D eigenvalue weighted by Crippen LogP contribution is -2.43. The number of likely N-dealkylation sites (N-methyl/N-ethyl adjacent to an activating group) is 1. The van der Waals surface area contributed by atoms with Crippen molar-refractivity contribution in [3.63, 3.8) is 0 Å². The fourth-order valence-corrected chi connectivity index (χ4v) is 3.32. The summed E-state index contributed by atoms with van der Waals surface area (Å²) < 4.78 is 5.61. The second-order valence-electron chi connectivity index (χ2n) is 7.22. The zero-order valence-corrected chi connectivity index (χ0v) is 15.8. The smallest absolute Gasteiger partial charge is 0.228 e. The minimum Gasteiger partial charge on any atom is -0.381 e. The van der Waals surface area contributed by atoms with Crippen molar-refractivity contribution in [2.45, 2.75) is 32.7 Å². The Morgan fingerprint density at radius 2 is 2.15 bits per heavy atom. The molecule has 2 heterocycles. The van der Waals surface area contributed by atoms with Gasteiger partial charge in [0.05, 0.1) is 12.5 Å². The number of amides is 1. The molecule has 2 aliphatic rings. The molecular weight excluding hydrogens is 328 g/mol. The van der Waals surface area contributed by atoms with Crippen molar-refractivity contribution >= 4 is 17.6 Å². The second kappa shape index (κ2) is 8.36. The standard InChI is InChI=1S/C20H28N4O2/c1-14(2)13-26-10-6-9-21-20-22-12-15-11-18(25)23-17-8-5-4-7-16(17)19(15)24(20)3/h4-5,7-8,12,14,19H,6,9-11,13H2,1-3H3,(H,21,22)(H,23,25). The molecular formula is C20H28N4O2. The number of guanidine groups is 1. The lowest BCUT2D eigenvalue weighted by Gasteiger charge is -2.36. The van der Waals surface area contributed by atoms with E-state index in [2.05, 4.69) is 35.4 Å². The van der Waals surface area contributed by atoms with E-state index in [0.717, 1.165) is 42.4 Å². The predicted molar refractivity (Wildman–Crippen MR) is 104 cm³/mol. The molecule has 1 amide bonds. The van der Waals surface area contributed by atoms with Gasteiger partial charge in [0.25, 0.3) is 0 Å². The van der Waals surface area contributed by atoms with Crippen LogP contribution in [0, 0.1) is 5.92 Å². The van der Waals surface area contributed by atoms with E-state index in [0.29, 0.717) is 18.9 Å². The van der Waals surface area contributed by atoms with Crippen LogP contribution in [0.5, 0.6) is 0 Å². The molecule has 0 saturated carbocycles. The number of carbonyl (C=O) groups excluding carboxylic acids is 1. The zero-order valence-electron chi connectivity index (χ0n) is 15.8. The highest BCUT2D eigenvalue weighted by Crippen LogP contribution is 2.38. The van der Waals surface area contributed by atoms with Crippen LogP contribution in [0.4, 0.5) is 5.69 Å². The largest absolute Gasteiger partial charge is 0.381 e. The molecule has 2 N–H and O–H groups in total. The monoisotopic (exact) mass is 356 g/mol. The van der Waals surface area contributed by atoms with Gasteiger partial charge in [0.1, 0.15) is 0 Å². The molecule has 0 bridgehead atoms. The van der Waals surface area contributed by atoms with Crippen LogP contribution in [0.15, 0.2) is 41.0 Å². The maximum absolute atomic E-state index is 12.2. The molecule has 1 atom stereocenters. The van der Waals surface area contributed by atoms with Crippen LogP contribution >= 0.6 is 0 Å². The minimum absolute atomic E-state index is 0.0161. The third-order valence-electron chi connectivity index (χ3n) is 4.51. The maximum Gasteiger partial charge on any atom is 0.228 e. The number of aliphatic imine (C=N–C) groups is 1. The van der Waals surface area contributed by atoms with Crippen LogP contribution in [0.25, 0.3) is 0 Å². The van der Waals surface area contributed by atoms with Crippen molar-refractivity contribution in [3.05, 3.63) is 41.6 Å². The Morgan fingerprint density at radius 1 is 1.35 bits per heavy atom. The van der Waals surface area contributed by atoms with Gasteiger partial charge in [-0.1, -0.05) is 32.0 Å². The molecule has 6 nitrogen and oxygen atoms in total. The van der Waals surface area contributed by atoms with Gasteiger partial charge in [-0.05, 0) is 24.0 Å². The highest BCUT2D eigenvalue weighted by molar-refractivity contribution is 5.96. The van der Waals surface area contributed by atoms with Crippen LogP contribution < -0.4 is 10.6 Å². The van der Waals surface area contributed by atoms with Crippen molar-refractivity contribution in [2.75, 3.05) is 32.1 Å². The first-order valence-corrected chi connectivity index (χ1v) is 9.25. The average molecular weight is 356 g/mol. The van der Waals surface area contributed by atoms with Crippen molar-refractivity contribution in [1.29, 1.82) is 0 Å². The van der Waals surface area contributed by atoms with E-state index in [4.69, 9.17) is 9.73 Å². The summed E-state index contributed by atoms with van der Waals surface area (Å²) in [6.45, 7) is 6.52. The molecule has 0 aromatic heterocycles. The Balaban J connectivity index is 1.71. The number of carbonyl (C=O) groups is 1. The quantitative estimate of drug-likeness (QED) is 0.769. The first-order valence-electron chi connectivity index (χ1n) is 9.25. The Bertz CT molecular complexity index is 712. The first kappa shape index (κ1) is 18.5. The number of nitrogens with one attached hydrogen (secondary N) is 2. The number of ether oxygens (including phenoxy) is 1. The molecule has 3 rings (SSSR count). The van der Waals surface area contributed by atoms with Gasteiger partial charge in [0.15, 0.2) is 5.96 Å². The molecule has 1 aromatic rings. The van der Waals surface area contributed by atoms with Gasteiger partial charge in [-0.3, -0.25) is 9.79 Å². The van der Waals surface area contributed by atoms with Gasteiger partial charge >= 0.3 is 0 Å². The normalized spacial score (nSPS) is 20.8. The zero-order chi connectivity index (χ0) is 18.5. The van der Waals surface area contributed by atoms with Gasteiger partial charge in [0.2, 0.25) is 5.91 Å². The molecule has 0 radical (unpaired) electrons. The van der Waals surface area contributed by atoms with Crippen molar-refractivity contribution in [2.24, 2.45) is 10.9 Å². The molecule has 0 saturated heterocycles. The van der Waals surface area contributed by atoms with Crippen molar-refractivity contribution in [1.82, 2.24) is 10.2 Å². The molecule has 2 aliphatic heterocycles. The SMILES string of the molecule is CC(C)COCCCN=C1NC=C2CC(=O)Nc3ccccc3C2N1C. The summed E-state index contributed by atoms with van der Waals surface area (Å²) in [6.07, 6.45) is 3.21. The van der Waals surface area contributed by atoms with E-state index in [1.165, 1.54) is 0 Å². The fourth-order valence-electron chi connectivity index (χ4n) is 3.32. The van der Waals surface area contributed by atoms with E-state index in [9.17, 15) is 4.79 Å². The molecule has 1 aromatic carbocycles. The van der Waals surface area contributed by atoms with E-state index in [-0.39, 0.29) is 11.9 Å². The molecule has 6 heteroatoms. The second-order valence-corrected chi connectivity index (χ2v) is 7.22. The Labute approximate surface area is 155 Å². The number of rotatable bonds is 6. The number of fused-ring (bicyclic) bond motifs is 3. The molecule has 26 heavy (non-hydrogen) atoms. The van der Waals surface area contributed by atoms with E-state index >= 15 is 0 Å². The summed E-state index contributed by atoms with van der Waals surface area (Å²) in [6, 6.07) is 7.99. The number of hydrogen-bond acceptors (Lipinski definition) is 3. The summed E-state index contributed by atoms with van der Waals surface area (Å²) in [5, 5.41) is 6.25. The summed E-state index contributed by atoms with van der Waals surface area (Å²) >= 11 is 0. The van der Waals surface area contributed by atoms with Gasteiger partial charge in [-0.15, -0.1) is 0 Å². The summed E-state index contributed by atoms with van der Waals surface area (Å²) in [7, 11) is 2.02. The van der Waals surface area contributed by atoms with E-state index in [1.807, 2.05) is 31.4 Å². The Hall–Kier alpha value is -2.34. The number of hydrogen-bond donors (Lipinski definition) is 2. The van der Waals surface area contributed by atoms with Crippen molar-refractivity contribution < 1.29 is 9.53 Å². The average Bonchev–Trinajstić information content (AvgIpc) is 2.75. The van der Waals surface area contributed by atoms with Crippen LogP contribution in [0.1, 0.15) is 38.3 Å². The third kappa shape index (κ3) is 4.25. The molecule has 0 aliphatic carbocycles. The number of benzene rings is 1. The Kier molecular flexibility index (Phi) is 5.93. The molecule has 140 valence electrons. The lowest BCUT2D eigenvalue weighted by atomic mass is 9.95. The van der Waals surface area contributed by atoms with Crippen LogP contribution in [0.2, 0.25) is 0 Å². The maximum atomic E-state index is 12.2. The highest BCUT2D eigenvalue weighted by atomic mass is 16.5. The van der Waals surface area contributed by atoms with Crippen molar-refractivity contribution in [3.8, 4) is 0 Å². The third-order valence-corrected chi connectivity index (χ3v) is 4.51. The minimum atomic E-state index is 0.0161. The predicted octanol–water partition coefficient (Wildman–Crippen LogP) is 2.91. The first-order chi connectivity index (χ1) is 12.6. The van der Waals surface area contributed by atoms with Crippen LogP contribution in [-0.4, -0.2) is 43.6 Å². The van der Waals surface area contributed by atoms with Crippen LogP contribution in [0.3, 0.4) is 0 Å². The van der Waals surface area contributed by atoms with Crippen LogP contribution in [-0.2, 0) is 9.53 Å². The lowest BCUT2D eigenvalue weighted by molar-refractivity contribution is -0.115. The number of anilines is 1. The topological polar surface area (TPSA) is 66.0 Å². The van der Waals surface area contributed by atoms with Gasteiger partial charge in [-0.2, -0.15) is 0 Å². The Morgan fingerprint density at radius 3 is 2.96 bits per heavy atom. The molecule has 0 spiro atoms. The summed E-state index contributed by atoms with van der Waals surface area (Å²) in [5.41, 5.74) is 3.02. The summed E-state index contributed by atoms with van der Waals surface area (Å²) in [4.78, 5) is 19.0. The molecule has 0 fully saturated rings. The fraction of sp³-hybridized carbons (Fsp3) is 0.500. The highest BCUT2D eigenvalue weighted by Gasteiger charge is 2.33.